The first-order valence-corrected chi connectivity index (χ1v) is 6.76. The van der Waals surface area contributed by atoms with Gasteiger partial charge in [0.1, 0.15) is 5.75 Å². The monoisotopic (exact) mass is 265 g/mol. The maximum atomic E-state index is 5.44. The van der Waals surface area contributed by atoms with E-state index in [9.17, 15) is 0 Å². The van der Waals surface area contributed by atoms with Gasteiger partial charge in [-0.1, -0.05) is 12.1 Å². The van der Waals surface area contributed by atoms with Gasteiger partial charge < -0.3 is 14.2 Å². The van der Waals surface area contributed by atoms with E-state index in [4.69, 9.17) is 14.2 Å². The predicted molar refractivity (Wildman–Crippen MR) is 77.1 cm³/mol. The molecule has 0 atom stereocenters. The first-order chi connectivity index (χ1) is 9.30. The summed E-state index contributed by atoms with van der Waals surface area (Å²) in [7, 11) is 0. The molecule has 0 N–H and O–H groups in total. The average Bonchev–Trinajstić information content (AvgIpc) is 2.40. The molecule has 0 saturated carbocycles. The number of aliphatic imine (C=N–C) groups is 1. The molecule has 19 heavy (non-hydrogen) atoms. The molecule has 0 saturated heterocycles. The van der Waals surface area contributed by atoms with Gasteiger partial charge in [-0.15, -0.1) is 0 Å². The van der Waals surface area contributed by atoms with Gasteiger partial charge in [0.25, 0.3) is 0 Å². The summed E-state index contributed by atoms with van der Waals surface area (Å²) in [5.41, 5.74) is 1.01. The molecular formula is C15H23NO3. The summed E-state index contributed by atoms with van der Waals surface area (Å²) in [5.74, 6) is 0.859. The minimum absolute atomic E-state index is 0.263. The van der Waals surface area contributed by atoms with E-state index in [0.29, 0.717) is 26.4 Å². The number of hydrogen-bond donors (Lipinski definition) is 0. The molecular weight excluding hydrogens is 242 g/mol. The molecule has 1 rings (SSSR count). The van der Waals surface area contributed by atoms with E-state index in [1.165, 1.54) is 0 Å². The Morgan fingerprint density at radius 2 is 1.84 bits per heavy atom. The Morgan fingerprint density at radius 1 is 1.11 bits per heavy atom. The maximum Gasteiger partial charge on any atom is 0.176 e. The lowest BCUT2D eigenvalue weighted by Gasteiger charge is -2.14. The summed E-state index contributed by atoms with van der Waals surface area (Å²) >= 11 is 0. The van der Waals surface area contributed by atoms with E-state index in [-0.39, 0.29) is 6.29 Å². The third-order valence-electron chi connectivity index (χ3n) is 2.37. The second-order valence-electron chi connectivity index (χ2n) is 3.84. The van der Waals surface area contributed by atoms with Crippen molar-refractivity contribution in [3.05, 3.63) is 29.8 Å². The molecule has 1 aromatic carbocycles. The van der Waals surface area contributed by atoms with Gasteiger partial charge in [-0.05, 0) is 38.5 Å². The lowest BCUT2D eigenvalue weighted by Crippen LogP contribution is -2.20. The topological polar surface area (TPSA) is 40.0 Å². The van der Waals surface area contributed by atoms with Crippen molar-refractivity contribution in [1.29, 1.82) is 0 Å². The Morgan fingerprint density at radius 3 is 2.47 bits per heavy atom. The summed E-state index contributed by atoms with van der Waals surface area (Å²) in [6.07, 6.45) is 1.55. The Balaban J connectivity index is 2.52. The molecule has 4 heteroatoms. The first-order valence-electron chi connectivity index (χ1n) is 6.76. The zero-order chi connectivity index (χ0) is 13.9. The largest absolute Gasteiger partial charge is 0.494 e. The van der Waals surface area contributed by atoms with Crippen molar-refractivity contribution >= 4 is 6.21 Å². The molecule has 106 valence electrons. The van der Waals surface area contributed by atoms with Crippen molar-refractivity contribution in [3.63, 3.8) is 0 Å². The van der Waals surface area contributed by atoms with Crippen molar-refractivity contribution in [1.82, 2.24) is 0 Å². The third-order valence-corrected chi connectivity index (χ3v) is 2.37. The SMILES string of the molecule is CCOc1cccc(/C=N/CC(OCC)OCC)c1. The second-order valence-corrected chi connectivity index (χ2v) is 3.84. The summed E-state index contributed by atoms with van der Waals surface area (Å²) in [6, 6.07) is 7.84. The van der Waals surface area contributed by atoms with E-state index in [1.54, 1.807) is 0 Å². The summed E-state index contributed by atoms with van der Waals surface area (Å²) < 4.78 is 16.3. The predicted octanol–water partition coefficient (Wildman–Crippen LogP) is 2.90. The highest BCUT2D eigenvalue weighted by Gasteiger charge is 2.05. The third kappa shape index (κ3) is 6.36. The standard InChI is InChI=1S/C15H23NO3/c1-4-17-14-9-7-8-13(10-14)11-16-12-15(18-5-2)19-6-3/h7-11,15H,4-6,12H2,1-3H3/b16-11+. The Kier molecular flexibility index (Phi) is 7.86. The van der Waals surface area contributed by atoms with Crippen LogP contribution in [0.15, 0.2) is 29.3 Å². The number of benzene rings is 1. The fraction of sp³-hybridized carbons (Fsp3) is 0.533. The van der Waals surface area contributed by atoms with Gasteiger partial charge in [-0.2, -0.15) is 0 Å². The highest BCUT2D eigenvalue weighted by Crippen LogP contribution is 2.11. The van der Waals surface area contributed by atoms with E-state index < -0.39 is 0 Å². The van der Waals surface area contributed by atoms with Crippen molar-refractivity contribution < 1.29 is 14.2 Å². The molecule has 4 nitrogen and oxygen atoms in total. The van der Waals surface area contributed by atoms with Gasteiger partial charge in [0.2, 0.25) is 0 Å². The molecule has 0 aromatic heterocycles. The van der Waals surface area contributed by atoms with Crippen LogP contribution in [0.25, 0.3) is 0 Å². The zero-order valence-corrected chi connectivity index (χ0v) is 12.0. The van der Waals surface area contributed by atoms with Crippen molar-refractivity contribution in [2.24, 2.45) is 4.99 Å². The van der Waals surface area contributed by atoms with Gasteiger partial charge in [0.05, 0.1) is 13.2 Å². The van der Waals surface area contributed by atoms with E-state index in [2.05, 4.69) is 4.99 Å². The molecule has 0 unspecified atom stereocenters. The normalized spacial score (nSPS) is 11.4. The molecule has 0 aliphatic rings. The van der Waals surface area contributed by atoms with Crippen LogP contribution >= 0.6 is 0 Å². The smallest absolute Gasteiger partial charge is 0.176 e. The molecule has 0 bridgehead atoms. The summed E-state index contributed by atoms with van der Waals surface area (Å²) in [6.45, 7) is 8.27. The lowest BCUT2D eigenvalue weighted by atomic mass is 10.2. The number of rotatable bonds is 9. The van der Waals surface area contributed by atoms with Crippen LogP contribution in [0.3, 0.4) is 0 Å². The summed E-state index contributed by atoms with van der Waals surface area (Å²) in [4.78, 5) is 4.35. The lowest BCUT2D eigenvalue weighted by molar-refractivity contribution is -0.128. The molecule has 0 aliphatic carbocycles. The number of ether oxygens (including phenoxy) is 3. The van der Waals surface area contributed by atoms with Crippen LogP contribution in [0.4, 0.5) is 0 Å². The van der Waals surface area contributed by atoms with Crippen molar-refractivity contribution in [2.45, 2.75) is 27.1 Å². The molecule has 1 aromatic rings. The summed E-state index contributed by atoms with van der Waals surface area (Å²) in [5, 5.41) is 0. The quantitative estimate of drug-likeness (QED) is 0.509. The molecule has 0 aliphatic heterocycles. The van der Waals surface area contributed by atoms with Gasteiger partial charge in [-0.3, -0.25) is 4.99 Å². The second kappa shape index (κ2) is 9.53. The zero-order valence-electron chi connectivity index (χ0n) is 12.0. The Labute approximate surface area is 115 Å². The maximum absolute atomic E-state index is 5.44. The van der Waals surface area contributed by atoms with E-state index >= 15 is 0 Å². The van der Waals surface area contributed by atoms with Crippen LogP contribution in [-0.2, 0) is 9.47 Å². The number of nitrogens with zero attached hydrogens (tertiary/aromatic N) is 1. The van der Waals surface area contributed by atoms with Gasteiger partial charge in [0.15, 0.2) is 6.29 Å². The molecule has 0 radical (unpaired) electrons. The minimum atomic E-state index is -0.263. The van der Waals surface area contributed by atoms with Gasteiger partial charge >= 0.3 is 0 Å². The van der Waals surface area contributed by atoms with E-state index in [1.807, 2.05) is 51.3 Å². The van der Waals surface area contributed by atoms with Crippen LogP contribution in [0.2, 0.25) is 0 Å². The van der Waals surface area contributed by atoms with Gasteiger partial charge in [0, 0.05) is 19.4 Å². The minimum Gasteiger partial charge on any atom is -0.494 e. The van der Waals surface area contributed by atoms with Crippen LogP contribution in [-0.4, -0.2) is 38.9 Å². The Hall–Kier alpha value is -1.39. The fourth-order valence-corrected chi connectivity index (χ4v) is 1.62. The highest BCUT2D eigenvalue weighted by molar-refractivity contribution is 5.80. The first kappa shape index (κ1) is 15.7. The van der Waals surface area contributed by atoms with Gasteiger partial charge in [-0.25, -0.2) is 0 Å². The van der Waals surface area contributed by atoms with Crippen molar-refractivity contribution in [3.8, 4) is 5.75 Å². The molecule has 0 amide bonds. The van der Waals surface area contributed by atoms with Crippen LogP contribution < -0.4 is 4.74 Å². The van der Waals surface area contributed by atoms with E-state index in [0.717, 1.165) is 11.3 Å². The average molecular weight is 265 g/mol. The number of hydrogen-bond acceptors (Lipinski definition) is 4. The van der Waals surface area contributed by atoms with Crippen LogP contribution in [0, 0.1) is 0 Å². The Bertz CT molecular complexity index is 373. The fourth-order valence-electron chi connectivity index (χ4n) is 1.62. The van der Waals surface area contributed by atoms with Crippen LogP contribution in [0.5, 0.6) is 5.75 Å². The molecule has 0 spiro atoms. The molecule has 0 heterocycles. The highest BCUT2D eigenvalue weighted by atomic mass is 16.7. The van der Waals surface area contributed by atoms with Crippen LogP contribution in [0.1, 0.15) is 26.3 Å². The molecule has 0 fully saturated rings. The van der Waals surface area contributed by atoms with Crippen molar-refractivity contribution in [2.75, 3.05) is 26.4 Å².